The van der Waals surface area contributed by atoms with Gasteiger partial charge in [0.05, 0.1) is 5.69 Å². The highest BCUT2D eigenvalue weighted by Crippen LogP contribution is 2.26. The van der Waals surface area contributed by atoms with E-state index < -0.39 is 20.7 Å². The van der Waals surface area contributed by atoms with E-state index in [0.717, 1.165) is 12.1 Å². The first-order valence-electron chi connectivity index (χ1n) is 5.94. The van der Waals surface area contributed by atoms with E-state index in [1.54, 1.807) is 24.9 Å². The average molecular weight is 377 g/mol. The van der Waals surface area contributed by atoms with Crippen molar-refractivity contribution in [3.8, 4) is 0 Å². The molecule has 1 aromatic carbocycles. The van der Waals surface area contributed by atoms with Crippen LogP contribution in [-0.4, -0.2) is 18.2 Å². The second-order valence-electron chi connectivity index (χ2n) is 4.54. The number of aryl methyl sites for hydroxylation is 2. The van der Waals surface area contributed by atoms with Gasteiger partial charge in [-0.3, -0.25) is 4.68 Å². The van der Waals surface area contributed by atoms with E-state index in [1.165, 1.54) is 0 Å². The molecule has 0 aliphatic carbocycles. The SMILES string of the molecule is Cc1nn(C)cc1CNS(=O)(=O)c1cc(N)c(Br)cc1F. The lowest BCUT2D eigenvalue weighted by Crippen LogP contribution is -2.24. The molecule has 6 nitrogen and oxygen atoms in total. The summed E-state index contributed by atoms with van der Waals surface area (Å²) in [6.07, 6.45) is 1.70. The fourth-order valence-electron chi connectivity index (χ4n) is 1.82. The van der Waals surface area contributed by atoms with Crippen molar-refractivity contribution in [3.63, 3.8) is 0 Å². The summed E-state index contributed by atoms with van der Waals surface area (Å²) in [7, 11) is -2.26. The Hall–Kier alpha value is -1.45. The van der Waals surface area contributed by atoms with Gasteiger partial charge in [-0.15, -0.1) is 0 Å². The summed E-state index contributed by atoms with van der Waals surface area (Å²) in [6, 6.07) is 2.11. The van der Waals surface area contributed by atoms with Gasteiger partial charge < -0.3 is 5.73 Å². The number of nitrogens with zero attached hydrogens (tertiary/aromatic N) is 2. The fourth-order valence-corrected chi connectivity index (χ4v) is 3.24. The number of sulfonamides is 1. The second-order valence-corrected chi connectivity index (χ2v) is 7.13. The van der Waals surface area contributed by atoms with Crippen LogP contribution in [0.15, 0.2) is 27.7 Å². The van der Waals surface area contributed by atoms with Crippen LogP contribution in [0.4, 0.5) is 10.1 Å². The first-order valence-corrected chi connectivity index (χ1v) is 8.21. The molecule has 2 rings (SSSR count). The summed E-state index contributed by atoms with van der Waals surface area (Å²) >= 11 is 3.04. The largest absolute Gasteiger partial charge is 0.398 e. The summed E-state index contributed by atoms with van der Waals surface area (Å²) in [5.41, 5.74) is 7.17. The summed E-state index contributed by atoms with van der Waals surface area (Å²) in [5, 5.41) is 4.11. The lowest BCUT2D eigenvalue weighted by atomic mass is 10.3. The maximum absolute atomic E-state index is 13.8. The maximum atomic E-state index is 13.8. The zero-order valence-electron chi connectivity index (χ0n) is 11.4. The quantitative estimate of drug-likeness (QED) is 0.794. The van der Waals surface area contributed by atoms with Crippen molar-refractivity contribution in [2.75, 3.05) is 5.73 Å². The molecule has 0 aliphatic heterocycles. The van der Waals surface area contributed by atoms with E-state index >= 15 is 0 Å². The third-order valence-electron chi connectivity index (χ3n) is 2.91. The highest BCUT2D eigenvalue weighted by molar-refractivity contribution is 9.10. The molecule has 21 heavy (non-hydrogen) atoms. The van der Waals surface area contributed by atoms with Crippen LogP contribution in [0.3, 0.4) is 0 Å². The van der Waals surface area contributed by atoms with Crippen molar-refractivity contribution in [1.29, 1.82) is 0 Å². The first-order chi connectivity index (χ1) is 9.70. The topological polar surface area (TPSA) is 90.0 Å². The van der Waals surface area contributed by atoms with Crippen molar-refractivity contribution < 1.29 is 12.8 Å². The van der Waals surface area contributed by atoms with Gasteiger partial charge in [-0.25, -0.2) is 17.5 Å². The molecule has 0 saturated heterocycles. The van der Waals surface area contributed by atoms with Crippen LogP contribution in [0.5, 0.6) is 0 Å². The predicted octanol–water partition coefficient (Wildman–Crippen LogP) is 1.69. The molecule has 1 heterocycles. The number of nitrogens with one attached hydrogen (secondary N) is 1. The standard InChI is InChI=1S/C12H14BrFN4O2S/c1-7-8(6-18(2)17-7)5-16-21(19,20)12-4-11(15)9(13)3-10(12)14/h3-4,6,16H,5,15H2,1-2H3. The smallest absolute Gasteiger partial charge is 0.243 e. The van der Waals surface area contributed by atoms with E-state index in [4.69, 9.17) is 5.73 Å². The minimum atomic E-state index is -4.00. The van der Waals surface area contributed by atoms with Crippen LogP contribution in [0.25, 0.3) is 0 Å². The molecule has 114 valence electrons. The Kier molecular flexibility index (Phi) is 4.35. The Bertz CT molecular complexity index is 789. The molecule has 0 amide bonds. The van der Waals surface area contributed by atoms with Crippen molar-refractivity contribution in [2.45, 2.75) is 18.4 Å². The van der Waals surface area contributed by atoms with E-state index in [0.29, 0.717) is 15.7 Å². The third kappa shape index (κ3) is 3.42. The number of anilines is 1. The van der Waals surface area contributed by atoms with Gasteiger partial charge in [0.25, 0.3) is 0 Å². The van der Waals surface area contributed by atoms with Gasteiger partial charge in [-0.05, 0) is 35.0 Å². The number of rotatable bonds is 4. The number of nitrogens with two attached hydrogens (primary N) is 1. The number of hydrogen-bond donors (Lipinski definition) is 2. The molecule has 0 spiro atoms. The van der Waals surface area contributed by atoms with E-state index in [-0.39, 0.29) is 12.2 Å². The molecule has 0 saturated carbocycles. The Morgan fingerprint density at radius 2 is 2.14 bits per heavy atom. The van der Waals surface area contributed by atoms with Gasteiger partial charge in [-0.2, -0.15) is 5.10 Å². The highest BCUT2D eigenvalue weighted by Gasteiger charge is 2.21. The zero-order valence-corrected chi connectivity index (χ0v) is 13.8. The van der Waals surface area contributed by atoms with Gasteiger partial charge in [0.2, 0.25) is 10.0 Å². The second kappa shape index (κ2) is 5.74. The van der Waals surface area contributed by atoms with Crippen molar-refractivity contribution in [3.05, 3.63) is 39.9 Å². The predicted molar refractivity (Wildman–Crippen MR) is 80.5 cm³/mol. The number of benzene rings is 1. The van der Waals surface area contributed by atoms with Crippen molar-refractivity contribution in [1.82, 2.24) is 14.5 Å². The summed E-state index contributed by atoms with van der Waals surface area (Å²) in [4.78, 5) is -0.482. The molecule has 9 heteroatoms. The fraction of sp³-hybridized carbons (Fsp3) is 0.250. The Morgan fingerprint density at radius 3 is 2.71 bits per heavy atom. The molecule has 1 aromatic heterocycles. The maximum Gasteiger partial charge on any atom is 0.243 e. The van der Waals surface area contributed by atoms with Crippen LogP contribution < -0.4 is 10.5 Å². The zero-order chi connectivity index (χ0) is 15.8. The summed E-state index contributed by atoms with van der Waals surface area (Å²) in [6.45, 7) is 1.79. The van der Waals surface area contributed by atoms with E-state index in [1.807, 2.05) is 0 Å². The van der Waals surface area contributed by atoms with Crippen LogP contribution in [-0.2, 0) is 23.6 Å². The minimum Gasteiger partial charge on any atom is -0.398 e. The van der Waals surface area contributed by atoms with Gasteiger partial charge in [0.1, 0.15) is 10.7 Å². The summed E-state index contributed by atoms with van der Waals surface area (Å²) in [5.74, 6) is -0.869. The van der Waals surface area contributed by atoms with Crippen LogP contribution >= 0.6 is 15.9 Å². The van der Waals surface area contributed by atoms with E-state index in [9.17, 15) is 12.8 Å². The monoisotopic (exact) mass is 376 g/mol. The number of aromatic nitrogens is 2. The van der Waals surface area contributed by atoms with Crippen molar-refractivity contribution >= 4 is 31.6 Å². The molecule has 0 bridgehead atoms. The Labute approximate surface area is 130 Å². The highest BCUT2D eigenvalue weighted by atomic mass is 79.9. The average Bonchev–Trinajstić information content (AvgIpc) is 2.70. The lowest BCUT2D eigenvalue weighted by molar-refractivity contribution is 0.556. The summed E-state index contributed by atoms with van der Waals surface area (Å²) < 4.78 is 42.4. The number of halogens is 2. The lowest BCUT2D eigenvalue weighted by Gasteiger charge is -2.09. The number of nitrogen functional groups attached to an aromatic ring is 1. The molecule has 0 fully saturated rings. The normalized spacial score (nSPS) is 11.8. The Balaban J connectivity index is 2.27. The first kappa shape index (κ1) is 15.9. The molecule has 3 N–H and O–H groups in total. The van der Waals surface area contributed by atoms with Crippen LogP contribution in [0.1, 0.15) is 11.3 Å². The van der Waals surface area contributed by atoms with Gasteiger partial charge in [0, 0.05) is 35.5 Å². The molecule has 0 unspecified atom stereocenters. The molecule has 0 atom stereocenters. The molecular weight excluding hydrogens is 363 g/mol. The minimum absolute atomic E-state index is 0.0252. The van der Waals surface area contributed by atoms with E-state index in [2.05, 4.69) is 25.8 Å². The third-order valence-corrected chi connectivity index (χ3v) is 5.01. The molecule has 2 aromatic rings. The van der Waals surface area contributed by atoms with Gasteiger partial charge in [0.15, 0.2) is 0 Å². The van der Waals surface area contributed by atoms with Gasteiger partial charge in [-0.1, -0.05) is 0 Å². The van der Waals surface area contributed by atoms with Crippen LogP contribution in [0.2, 0.25) is 0 Å². The number of hydrogen-bond acceptors (Lipinski definition) is 4. The molecule has 0 radical (unpaired) electrons. The molecular formula is C12H14BrFN4O2S. The Morgan fingerprint density at radius 1 is 1.48 bits per heavy atom. The van der Waals surface area contributed by atoms with Crippen LogP contribution in [0, 0.1) is 12.7 Å². The van der Waals surface area contributed by atoms with Gasteiger partial charge >= 0.3 is 0 Å². The van der Waals surface area contributed by atoms with Crippen molar-refractivity contribution in [2.24, 2.45) is 7.05 Å². The molecule has 0 aliphatic rings.